The Morgan fingerprint density at radius 1 is 1.04 bits per heavy atom. The summed E-state index contributed by atoms with van der Waals surface area (Å²) in [4.78, 5) is 26.4. The maximum atomic E-state index is 12.9. The first kappa shape index (κ1) is 20.1. The molecular weight excluding hydrogens is 352 g/mol. The number of carbonyl (C=O) groups is 2. The van der Waals surface area contributed by atoms with Crippen LogP contribution in [0, 0.1) is 5.41 Å². The number of piperidine rings is 1. The molecule has 0 atom stereocenters. The van der Waals surface area contributed by atoms with Crippen LogP contribution in [0.2, 0.25) is 0 Å². The molecular formula is C23H28N2O3. The Balaban J connectivity index is 1.61. The highest BCUT2D eigenvalue weighted by Gasteiger charge is 2.31. The van der Waals surface area contributed by atoms with Crippen molar-refractivity contribution in [1.29, 1.82) is 0 Å². The number of carboxylic acids is 1. The fourth-order valence-corrected chi connectivity index (χ4v) is 3.68. The number of benzene rings is 2. The summed E-state index contributed by atoms with van der Waals surface area (Å²) in [5.74, 6) is -0.829. The highest BCUT2D eigenvalue weighted by molar-refractivity contribution is 6.01. The molecule has 0 unspecified atom stereocenters. The number of likely N-dealkylation sites (tertiary alicyclic amines) is 1. The van der Waals surface area contributed by atoms with E-state index in [0.29, 0.717) is 12.1 Å². The zero-order valence-electron chi connectivity index (χ0n) is 16.5. The predicted octanol–water partition coefficient (Wildman–Crippen LogP) is 3.66. The van der Waals surface area contributed by atoms with E-state index < -0.39 is 11.4 Å². The van der Waals surface area contributed by atoms with E-state index in [4.69, 9.17) is 0 Å². The zero-order valence-corrected chi connectivity index (χ0v) is 16.5. The third-order valence-electron chi connectivity index (χ3n) is 5.38. The molecule has 0 aromatic heterocycles. The first-order chi connectivity index (χ1) is 13.4. The van der Waals surface area contributed by atoms with Crippen LogP contribution in [-0.4, -0.2) is 47.6 Å². The standard InChI is InChI=1S/C23H28N2O3/c1-23(2,22(27)28)16-25-14-12-18(13-15-25)24-21(26)20-11-7-6-10-19(20)17-8-4-3-5-9-17/h3-11,18H,12-16H2,1-2H3,(H,24,26)(H,27,28). The van der Waals surface area contributed by atoms with Crippen LogP contribution in [0.1, 0.15) is 37.0 Å². The first-order valence-electron chi connectivity index (χ1n) is 9.78. The van der Waals surface area contributed by atoms with Crippen LogP contribution in [0.3, 0.4) is 0 Å². The van der Waals surface area contributed by atoms with Gasteiger partial charge in [0, 0.05) is 31.2 Å². The Labute approximate surface area is 166 Å². The number of nitrogens with zero attached hydrogens (tertiary/aromatic N) is 1. The van der Waals surface area contributed by atoms with Crippen molar-refractivity contribution in [2.75, 3.05) is 19.6 Å². The Kier molecular flexibility index (Phi) is 6.15. The monoisotopic (exact) mass is 380 g/mol. The zero-order chi connectivity index (χ0) is 20.1. The van der Waals surface area contributed by atoms with Crippen LogP contribution >= 0.6 is 0 Å². The van der Waals surface area contributed by atoms with Crippen LogP contribution in [0.25, 0.3) is 11.1 Å². The smallest absolute Gasteiger partial charge is 0.310 e. The highest BCUT2D eigenvalue weighted by atomic mass is 16.4. The Hall–Kier alpha value is -2.66. The van der Waals surface area contributed by atoms with Gasteiger partial charge in [-0.25, -0.2) is 0 Å². The SMILES string of the molecule is CC(C)(CN1CCC(NC(=O)c2ccccc2-c2ccccc2)CC1)C(=O)O. The molecule has 2 aromatic rings. The molecule has 148 valence electrons. The Morgan fingerprint density at radius 3 is 2.29 bits per heavy atom. The summed E-state index contributed by atoms with van der Waals surface area (Å²) in [6, 6.07) is 17.7. The van der Waals surface area contributed by atoms with E-state index in [1.54, 1.807) is 13.8 Å². The number of aliphatic carboxylic acids is 1. The number of nitrogens with one attached hydrogen (secondary N) is 1. The topological polar surface area (TPSA) is 69.6 Å². The van der Waals surface area contributed by atoms with Gasteiger partial charge in [0.1, 0.15) is 0 Å². The molecule has 1 amide bonds. The number of hydrogen-bond donors (Lipinski definition) is 2. The van der Waals surface area contributed by atoms with Crippen molar-refractivity contribution in [2.24, 2.45) is 5.41 Å². The van der Waals surface area contributed by atoms with Gasteiger partial charge >= 0.3 is 5.97 Å². The minimum absolute atomic E-state index is 0.0521. The third kappa shape index (κ3) is 4.78. The summed E-state index contributed by atoms with van der Waals surface area (Å²) in [5, 5.41) is 12.5. The Bertz CT molecular complexity index is 825. The van der Waals surface area contributed by atoms with E-state index in [1.807, 2.05) is 54.6 Å². The van der Waals surface area contributed by atoms with E-state index in [1.165, 1.54) is 0 Å². The number of rotatable bonds is 6. The molecule has 2 N–H and O–H groups in total. The molecule has 5 nitrogen and oxygen atoms in total. The quantitative estimate of drug-likeness (QED) is 0.802. The van der Waals surface area contributed by atoms with Gasteiger partial charge in [0.25, 0.3) is 5.91 Å². The van der Waals surface area contributed by atoms with Crippen LogP contribution in [-0.2, 0) is 4.79 Å². The van der Waals surface area contributed by atoms with Crippen molar-refractivity contribution >= 4 is 11.9 Å². The molecule has 3 rings (SSSR count). The van der Waals surface area contributed by atoms with Crippen LogP contribution in [0.4, 0.5) is 0 Å². The van der Waals surface area contributed by atoms with Gasteiger partial charge in [0.05, 0.1) is 5.41 Å². The van der Waals surface area contributed by atoms with E-state index >= 15 is 0 Å². The molecule has 2 aromatic carbocycles. The average molecular weight is 380 g/mol. The largest absolute Gasteiger partial charge is 0.481 e. The normalized spacial score (nSPS) is 15.9. The van der Waals surface area contributed by atoms with E-state index in [0.717, 1.165) is 37.1 Å². The second-order valence-electron chi connectivity index (χ2n) is 8.12. The maximum absolute atomic E-state index is 12.9. The molecule has 1 saturated heterocycles. The minimum Gasteiger partial charge on any atom is -0.481 e. The van der Waals surface area contributed by atoms with Gasteiger partial charge in [-0.1, -0.05) is 48.5 Å². The van der Waals surface area contributed by atoms with Crippen molar-refractivity contribution in [2.45, 2.75) is 32.7 Å². The maximum Gasteiger partial charge on any atom is 0.310 e. The van der Waals surface area contributed by atoms with Crippen molar-refractivity contribution in [3.05, 3.63) is 60.2 Å². The lowest BCUT2D eigenvalue weighted by molar-refractivity contribution is -0.148. The van der Waals surface area contributed by atoms with Crippen LogP contribution < -0.4 is 5.32 Å². The summed E-state index contributed by atoms with van der Waals surface area (Å²) in [6.07, 6.45) is 1.66. The lowest BCUT2D eigenvalue weighted by Gasteiger charge is -2.36. The second kappa shape index (κ2) is 8.57. The van der Waals surface area contributed by atoms with E-state index in [2.05, 4.69) is 10.2 Å². The molecule has 5 heteroatoms. The van der Waals surface area contributed by atoms with E-state index in [-0.39, 0.29) is 11.9 Å². The van der Waals surface area contributed by atoms with Gasteiger partial charge in [0.15, 0.2) is 0 Å². The fraction of sp³-hybridized carbons (Fsp3) is 0.391. The van der Waals surface area contributed by atoms with Crippen molar-refractivity contribution in [3.8, 4) is 11.1 Å². The van der Waals surface area contributed by atoms with Gasteiger partial charge in [-0.2, -0.15) is 0 Å². The third-order valence-corrected chi connectivity index (χ3v) is 5.38. The summed E-state index contributed by atoms with van der Waals surface area (Å²) >= 11 is 0. The lowest BCUT2D eigenvalue weighted by Crippen LogP contribution is -2.48. The Morgan fingerprint density at radius 2 is 1.64 bits per heavy atom. The van der Waals surface area contributed by atoms with Crippen molar-refractivity contribution in [3.63, 3.8) is 0 Å². The van der Waals surface area contributed by atoms with Gasteiger partial charge in [-0.05, 0) is 43.9 Å². The molecule has 0 bridgehead atoms. The van der Waals surface area contributed by atoms with E-state index in [9.17, 15) is 14.7 Å². The minimum atomic E-state index is -0.777. The molecule has 0 radical (unpaired) electrons. The average Bonchev–Trinajstić information content (AvgIpc) is 2.70. The van der Waals surface area contributed by atoms with Gasteiger partial charge in [0.2, 0.25) is 0 Å². The molecule has 28 heavy (non-hydrogen) atoms. The molecule has 1 heterocycles. The lowest BCUT2D eigenvalue weighted by atomic mass is 9.91. The summed E-state index contributed by atoms with van der Waals surface area (Å²) in [7, 11) is 0. The summed E-state index contributed by atoms with van der Waals surface area (Å²) in [5.41, 5.74) is 1.88. The molecule has 0 saturated carbocycles. The molecule has 0 aliphatic carbocycles. The summed E-state index contributed by atoms with van der Waals surface area (Å²) < 4.78 is 0. The molecule has 1 aliphatic heterocycles. The van der Waals surface area contributed by atoms with Gasteiger partial charge in [-0.3, -0.25) is 9.59 Å². The van der Waals surface area contributed by atoms with Crippen molar-refractivity contribution in [1.82, 2.24) is 10.2 Å². The van der Waals surface area contributed by atoms with Crippen LogP contribution in [0.5, 0.6) is 0 Å². The molecule has 1 fully saturated rings. The first-order valence-corrected chi connectivity index (χ1v) is 9.78. The number of amides is 1. The number of carbonyl (C=O) groups excluding carboxylic acids is 1. The number of hydrogen-bond acceptors (Lipinski definition) is 3. The van der Waals surface area contributed by atoms with Gasteiger partial charge < -0.3 is 15.3 Å². The van der Waals surface area contributed by atoms with Gasteiger partial charge in [-0.15, -0.1) is 0 Å². The molecule has 0 spiro atoms. The highest BCUT2D eigenvalue weighted by Crippen LogP contribution is 2.24. The fourth-order valence-electron chi connectivity index (χ4n) is 3.68. The second-order valence-corrected chi connectivity index (χ2v) is 8.12. The van der Waals surface area contributed by atoms with Crippen molar-refractivity contribution < 1.29 is 14.7 Å². The number of carboxylic acid groups (broad SMARTS) is 1. The van der Waals surface area contributed by atoms with Crippen LogP contribution in [0.15, 0.2) is 54.6 Å². The predicted molar refractivity (Wildman–Crippen MR) is 110 cm³/mol. The summed E-state index contributed by atoms with van der Waals surface area (Å²) in [6.45, 7) is 5.62. The molecule has 1 aliphatic rings.